The van der Waals surface area contributed by atoms with E-state index < -0.39 is 24.0 Å². The van der Waals surface area contributed by atoms with Gasteiger partial charge in [-0.15, -0.1) is 0 Å². The zero-order chi connectivity index (χ0) is 22.5. The summed E-state index contributed by atoms with van der Waals surface area (Å²) in [6.45, 7) is 6.47. The average Bonchev–Trinajstić information content (AvgIpc) is 2.68. The molecule has 0 bridgehead atoms. The zero-order valence-corrected chi connectivity index (χ0v) is 25.4. The fourth-order valence-electron chi connectivity index (χ4n) is 4.10. The number of carbonyl (C=O) groups excluding carboxylic acids is 1. The third-order valence-electron chi connectivity index (χ3n) is 6.02. The Morgan fingerprint density at radius 1 is 0.688 bits per heavy atom. The van der Waals surface area contributed by atoms with Crippen molar-refractivity contribution in [2.45, 2.75) is 155 Å². The molecule has 1 atom stereocenters. The van der Waals surface area contributed by atoms with Crippen LogP contribution in [0.15, 0.2) is 0 Å². The standard InChI is InChI=1S/C26H50O4.K.Li.2H/c1-4-6-8-10-12-13-14-16-18-20-22-26(3,30-25(29)23-24(27)28)21-19-17-15-11-9-7-5-2;;;;/h4-23H2,1-3H3,(H,27,28);;;;/q;2*+1;2*-1. The van der Waals surface area contributed by atoms with Crippen molar-refractivity contribution in [3.05, 3.63) is 0 Å². The number of esters is 1. The molecule has 0 spiro atoms. The van der Waals surface area contributed by atoms with E-state index in [9.17, 15) is 9.59 Å². The molecule has 0 fully saturated rings. The van der Waals surface area contributed by atoms with Crippen LogP contribution in [0.2, 0.25) is 0 Å². The minimum Gasteiger partial charge on any atom is -1.00 e. The van der Waals surface area contributed by atoms with E-state index in [1.54, 1.807) is 0 Å². The Balaban J connectivity index is -0.000000701. The van der Waals surface area contributed by atoms with Gasteiger partial charge in [0.15, 0.2) is 0 Å². The maximum absolute atomic E-state index is 12.0. The fourth-order valence-corrected chi connectivity index (χ4v) is 4.10. The molecule has 1 N–H and O–H groups in total. The van der Waals surface area contributed by atoms with Crippen LogP contribution in [0.3, 0.4) is 0 Å². The molecule has 0 aliphatic rings. The molecule has 0 saturated heterocycles. The molecule has 0 heterocycles. The van der Waals surface area contributed by atoms with Crippen molar-refractivity contribution >= 4 is 11.9 Å². The second kappa shape index (κ2) is 26.8. The molecular weight excluding hydrogens is 422 g/mol. The van der Waals surface area contributed by atoms with Crippen molar-refractivity contribution in [1.29, 1.82) is 0 Å². The Bertz CT molecular complexity index is 445. The van der Waals surface area contributed by atoms with E-state index in [1.807, 2.05) is 6.92 Å². The first-order valence-corrected chi connectivity index (χ1v) is 12.9. The summed E-state index contributed by atoms with van der Waals surface area (Å²) in [5.74, 6) is -1.71. The largest absolute Gasteiger partial charge is 1.00 e. The molecule has 0 aromatic heterocycles. The monoisotopic (exact) mass is 474 g/mol. The summed E-state index contributed by atoms with van der Waals surface area (Å²) >= 11 is 0. The van der Waals surface area contributed by atoms with Gasteiger partial charge in [0.25, 0.3) is 0 Å². The molecule has 1 unspecified atom stereocenters. The van der Waals surface area contributed by atoms with Crippen LogP contribution in [0.5, 0.6) is 0 Å². The van der Waals surface area contributed by atoms with Crippen LogP contribution in [0.1, 0.15) is 152 Å². The Morgan fingerprint density at radius 3 is 1.31 bits per heavy atom. The molecule has 182 valence electrons. The second-order valence-electron chi connectivity index (χ2n) is 9.30. The Hall–Kier alpha value is 1.17. The van der Waals surface area contributed by atoms with Crippen molar-refractivity contribution in [1.82, 2.24) is 0 Å². The van der Waals surface area contributed by atoms with E-state index in [4.69, 9.17) is 9.84 Å². The summed E-state index contributed by atoms with van der Waals surface area (Å²) in [5, 5.41) is 8.86. The molecule has 0 amide bonds. The smallest absolute Gasteiger partial charge is 1.00 e. The van der Waals surface area contributed by atoms with Crippen LogP contribution in [0.25, 0.3) is 0 Å². The fraction of sp³-hybridized carbons (Fsp3) is 0.923. The van der Waals surface area contributed by atoms with E-state index in [1.165, 1.54) is 83.5 Å². The molecule has 32 heavy (non-hydrogen) atoms. The summed E-state index contributed by atoms with van der Waals surface area (Å²) in [5.41, 5.74) is -0.518. The van der Waals surface area contributed by atoms with Gasteiger partial charge in [-0.2, -0.15) is 0 Å². The molecule has 0 aromatic rings. The predicted molar refractivity (Wildman–Crippen MR) is 128 cm³/mol. The number of carboxylic acids is 1. The maximum atomic E-state index is 12.0. The van der Waals surface area contributed by atoms with Gasteiger partial charge in [-0.05, 0) is 32.6 Å². The van der Waals surface area contributed by atoms with Gasteiger partial charge in [0.05, 0.1) is 0 Å². The quantitative estimate of drug-likeness (QED) is 0.113. The maximum Gasteiger partial charge on any atom is 1.00 e. The van der Waals surface area contributed by atoms with Gasteiger partial charge in [-0.3, -0.25) is 9.59 Å². The summed E-state index contributed by atoms with van der Waals surface area (Å²) in [6, 6.07) is 0. The third kappa shape index (κ3) is 25.8. The van der Waals surface area contributed by atoms with Gasteiger partial charge >= 0.3 is 82.2 Å². The van der Waals surface area contributed by atoms with E-state index in [0.717, 1.165) is 38.5 Å². The third-order valence-corrected chi connectivity index (χ3v) is 6.02. The summed E-state index contributed by atoms with van der Waals surface area (Å²) < 4.78 is 5.66. The molecular formula is C26H52KLiO4. The van der Waals surface area contributed by atoms with Gasteiger partial charge in [0.2, 0.25) is 0 Å². The van der Waals surface area contributed by atoms with Crippen molar-refractivity contribution in [2.24, 2.45) is 0 Å². The van der Waals surface area contributed by atoms with Crippen molar-refractivity contribution in [3.8, 4) is 0 Å². The minimum absolute atomic E-state index is 0. The van der Waals surface area contributed by atoms with Gasteiger partial charge < -0.3 is 12.7 Å². The number of aliphatic carboxylic acids is 1. The molecule has 6 heteroatoms. The van der Waals surface area contributed by atoms with Gasteiger partial charge in [0, 0.05) is 0 Å². The molecule has 0 rings (SSSR count). The van der Waals surface area contributed by atoms with Crippen LogP contribution in [0.4, 0.5) is 0 Å². The van der Waals surface area contributed by atoms with Crippen LogP contribution in [0, 0.1) is 0 Å². The molecule has 0 aliphatic carbocycles. The molecule has 0 aliphatic heterocycles. The first kappa shape index (κ1) is 37.7. The summed E-state index contributed by atoms with van der Waals surface area (Å²) in [7, 11) is 0. The average molecular weight is 475 g/mol. The van der Waals surface area contributed by atoms with Crippen LogP contribution >= 0.6 is 0 Å². The van der Waals surface area contributed by atoms with Gasteiger partial charge in [-0.25, -0.2) is 0 Å². The second-order valence-corrected chi connectivity index (χ2v) is 9.30. The number of hydrogen-bond acceptors (Lipinski definition) is 3. The van der Waals surface area contributed by atoms with E-state index in [2.05, 4.69) is 13.8 Å². The van der Waals surface area contributed by atoms with Gasteiger partial charge in [-0.1, -0.05) is 110 Å². The van der Waals surface area contributed by atoms with Crippen LogP contribution < -0.4 is 70.2 Å². The molecule has 0 aromatic carbocycles. The van der Waals surface area contributed by atoms with E-state index in [0.29, 0.717) is 0 Å². The first-order valence-electron chi connectivity index (χ1n) is 12.9. The van der Waals surface area contributed by atoms with Crippen molar-refractivity contribution in [2.75, 3.05) is 0 Å². The van der Waals surface area contributed by atoms with Crippen molar-refractivity contribution < 1.29 is 92.5 Å². The first-order chi connectivity index (χ1) is 14.4. The predicted octanol–water partition coefficient (Wildman–Crippen LogP) is 2.45. The van der Waals surface area contributed by atoms with Crippen LogP contribution in [-0.2, 0) is 14.3 Å². The number of ether oxygens (including phenoxy) is 1. The van der Waals surface area contributed by atoms with Gasteiger partial charge in [0.1, 0.15) is 12.0 Å². The summed E-state index contributed by atoms with van der Waals surface area (Å²) in [6.07, 6.45) is 22.5. The topological polar surface area (TPSA) is 63.6 Å². The number of rotatable bonds is 22. The Labute approximate surface area is 256 Å². The molecule has 0 radical (unpaired) electrons. The summed E-state index contributed by atoms with van der Waals surface area (Å²) in [4.78, 5) is 22.8. The number of unbranched alkanes of at least 4 members (excludes halogenated alkanes) is 15. The Morgan fingerprint density at radius 2 is 1.00 bits per heavy atom. The van der Waals surface area contributed by atoms with Crippen molar-refractivity contribution in [3.63, 3.8) is 0 Å². The van der Waals surface area contributed by atoms with E-state index >= 15 is 0 Å². The van der Waals surface area contributed by atoms with E-state index in [-0.39, 0.29) is 73.1 Å². The number of carbonyl (C=O) groups is 2. The zero-order valence-electron chi connectivity index (χ0n) is 24.3. The number of carboxylic acid groups (broad SMARTS) is 1. The molecule has 4 nitrogen and oxygen atoms in total. The molecule has 0 saturated carbocycles. The number of hydrogen-bond donors (Lipinski definition) is 1. The normalized spacial score (nSPS) is 12.3. The minimum atomic E-state index is -1.11. The Kier molecular flexibility index (Phi) is 31.6. The SMILES string of the molecule is CCCCCCCCCCCCC(C)(CCCCCCCCC)OC(=O)CC(=O)O.[H-].[H-].[K+].[Li+]. The van der Waals surface area contributed by atoms with Crippen LogP contribution in [-0.4, -0.2) is 22.6 Å².